The number of nitrogens with one attached hydrogen (secondary N) is 3. The van der Waals surface area contributed by atoms with Crippen LogP contribution >= 0.6 is 0 Å². The first-order valence-electron chi connectivity index (χ1n) is 8.85. The van der Waals surface area contributed by atoms with Crippen molar-refractivity contribution in [2.75, 3.05) is 11.9 Å². The van der Waals surface area contributed by atoms with Crippen LogP contribution in [0.4, 0.5) is 10.5 Å². The van der Waals surface area contributed by atoms with Crippen molar-refractivity contribution in [3.05, 3.63) is 71.8 Å². The van der Waals surface area contributed by atoms with Gasteiger partial charge in [0.25, 0.3) is 5.91 Å². The van der Waals surface area contributed by atoms with E-state index in [2.05, 4.69) is 16.2 Å². The molecular formula is C21H19N3O5. The standard InChI is InChI=1S/C21H19N3O5/c1-2-29-20(27)14-7-10-15(11-8-14)22-21(28)24-23-19(26)17-12-9-13-5-3-4-6-16(13)18(17)25/h3-12,25H,2H2,1H3,(H,23,26)(H2,22,24,28). The van der Waals surface area contributed by atoms with Gasteiger partial charge in [0.1, 0.15) is 5.75 Å². The Kier molecular flexibility index (Phi) is 5.94. The third-order valence-corrected chi connectivity index (χ3v) is 4.09. The lowest BCUT2D eigenvalue weighted by molar-refractivity contribution is 0.0526. The molecule has 8 nitrogen and oxygen atoms in total. The number of hydrogen-bond acceptors (Lipinski definition) is 5. The van der Waals surface area contributed by atoms with Crippen LogP contribution in [0.5, 0.6) is 5.75 Å². The smallest absolute Gasteiger partial charge is 0.338 e. The second-order valence-electron chi connectivity index (χ2n) is 6.01. The number of phenols is 1. The first-order valence-corrected chi connectivity index (χ1v) is 8.85. The van der Waals surface area contributed by atoms with E-state index in [-0.39, 0.29) is 17.9 Å². The predicted octanol–water partition coefficient (Wildman–Crippen LogP) is 3.19. The minimum Gasteiger partial charge on any atom is -0.506 e. The lowest BCUT2D eigenvalue weighted by Gasteiger charge is -2.11. The number of carbonyl (C=O) groups is 3. The van der Waals surface area contributed by atoms with Crippen molar-refractivity contribution in [2.24, 2.45) is 0 Å². The summed E-state index contributed by atoms with van der Waals surface area (Å²) in [6.07, 6.45) is 0. The number of ether oxygens (including phenoxy) is 1. The van der Waals surface area contributed by atoms with Crippen molar-refractivity contribution in [1.29, 1.82) is 0 Å². The van der Waals surface area contributed by atoms with Crippen molar-refractivity contribution in [3.63, 3.8) is 0 Å². The van der Waals surface area contributed by atoms with E-state index in [0.29, 0.717) is 16.6 Å². The molecule has 3 rings (SSSR count). The Bertz CT molecular complexity index is 1060. The Morgan fingerprint density at radius 3 is 2.38 bits per heavy atom. The normalized spacial score (nSPS) is 10.2. The molecule has 148 valence electrons. The van der Waals surface area contributed by atoms with Crippen molar-refractivity contribution in [1.82, 2.24) is 10.9 Å². The second-order valence-corrected chi connectivity index (χ2v) is 6.01. The number of anilines is 1. The molecule has 4 N–H and O–H groups in total. The Morgan fingerprint density at radius 1 is 0.931 bits per heavy atom. The van der Waals surface area contributed by atoms with Gasteiger partial charge in [-0.25, -0.2) is 15.0 Å². The lowest BCUT2D eigenvalue weighted by Crippen LogP contribution is -2.43. The van der Waals surface area contributed by atoms with Crippen LogP contribution < -0.4 is 16.2 Å². The van der Waals surface area contributed by atoms with Gasteiger partial charge in [0.05, 0.1) is 17.7 Å². The Balaban J connectivity index is 1.59. The largest absolute Gasteiger partial charge is 0.506 e. The van der Waals surface area contributed by atoms with Gasteiger partial charge in [-0.05, 0) is 42.6 Å². The number of amides is 3. The van der Waals surface area contributed by atoms with Crippen LogP contribution in [-0.2, 0) is 4.74 Å². The summed E-state index contributed by atoms with van der Waals surface area (Å²) in [4.78, 5) is 35.9. The summed E-state index contributed by atoms with van der Waals surface area (Å²) in [5.74, 6) is -1.29. The molecule has 0 aliphatic carbocycles. The first kappa shape index (κ1) is 19.7. The Labute approximate surface area is 166 Å². The molecule has 0 saturated heterocycles. The molecule has 29 heavy (non-hydrogen) atoms. The third kappa shape index (κ3) is 4.62. The number of rotatable bonds is 4. The van der Waals surface area contributed by atoms with Gasteiger partial charge >= 0.3 is 12.0 Å². The molecule has 0 bridgehead atoms. The number of aromatic hydroxyl groups is 1. The summed E-state index contributed by atoms with van der Waals surface area (Å²) < 4.78 is 4.89. The molecule has 0 unspecified atom stereocenters. The number of phenolic OH excluding ortho intramolecular Hbond substituents is 1. The number of urea groups is 1. The Morgan fingerprint density at radius 2 is 1.66 bits per heavy atom. The Hall–Kier alpha value is -4.07. The highest BCUT2D eigenvalue weighted by molar-refractivity contribution is 6.04. The zero-order valence-electron chi connectivity index (χ0n) is 15.6. The molecule has 0 spiro atoms. The van der Waals surface area contributed by atoms with Crippen molar-refractivity contribution >= 4 is 34.4 Å². The van der Waals surface area contributed by atoms with Crippen LogP contribution in [0.2, 0.25) is 0 Å². The molecule has 0 aromatic heterocycles. The quantitative estimate of drug-likeness (QED) is 0.401. The average Bonchev–Trinajstić information content (AvgIpc) is 2.73. The summed E-state index contributed by atoms with van der Waals surface area (Å²) in [5, 5.41) is 14.1. The van der Waals surface area contributed by atoms with Gasteiger partial charge in [0.2, 0.25) is 0 Å². The molecule has 3 aromatic rings. The number of carbonyl (C=O) groups excluding carboxylic acids is 3. The van der Waals surface area contributed by atoms with E-state index in [1.807, 2.05) is 12.1 Å². The minimum atomic E-state index is -0.692. The lowest BCUT2D eigenvalue weighted by atomic mass is 10.1. The molecule has 0 fully saturated rings. The SMILES string of the molecule is CCOC(=O)c1ccc(NC(=O)NNC(=O)c2ccc3ccccc3c2O)cc1. The maximum absolute atomic E-state index is 12.3. The van der Waals surface area contributed by atoms with Gasteiger partial charge in [0, 0.05) is 11.1 Å². The van der Waals surface area contributed by atoms with Gasteiger partial charge in [0.15, 0.2) is 0 Å². The summed E-state index contributed by atoms with van der Waals surface area (Å²) >= 11 is 0. The highest BCUT2D eigenvalue weighted by Gasteiger charge is 2.14. The zero-order valence-corrected chi connectivity index (χ0v) is 15.6. The number of benzene rings is 3. The molecule has 8 heteroatoms. The summed E-state index contributed by atoms with van der Waals surface area (Å²) in [5.41, 5.74) is 5.25. The van der Waals surface area contributed by atoms with Crippen molar-refractivity contribution in [2.45, 2.75) is 6.92 Å². The van der Waals surface area contributed by atoms with Crippen LogP contribution in [0.25, 0.3) is 10.8 Å². The molecular weight excluding hydrogens is 374 g/mol. The third-order valence-electron chi connectivity index (χ3n) is 4.09. The topological polar surface area (TPSA) is 117 Å². The van der Waals surface area contributed by atoms with Crippen LogP contribution in [0.3, 0.4) is 0 Å². The van der Waals surface area contributed by atoms with Crippen LogP contribution in [0, 0.1) is 0 Å². The minimum absolute atomic E-state index is 0.0304. The molecule has 0 radical (unpaired) electrons. The summed E-state index contributed by atoms with van der Waals surface area (Å²) in [6, 6.07) is 15.7. The fourth-order valence-electron chi connectivity index (χ4n) is 2.69. The van der Waals surface area contributed by atoms with E-state index in [4.69, 9.17) is 4.74 Å². The number of fused-ring (bicyclic) bond motifs is 1. The second kappa shape index (κ2) is 8.75. The molecule has 0 aliphatic rings. The summed E-state index contributed by atoms with van der Waals surface area (Å²) in [6.45, 7) is 1.98. The van der Waals surface area contributed by atoms with Gasteiger partial charge in [-0.15, -0.1) is 0 Å². The number of hydrogen-bond donors (Lipinski definition) is 4. The van der Waals surface area contributed by atoms with Gasteiger partial charge < -0.3 is 15.2 Å². The zero-order chi connectivity index (χ0) is 20.8. The first-order chi connectivity index (χ1) is 14.0. The number of esters is 1. The van der Waals surface area contributed by atoms with Crippen LogP contribution in [0.15, 0.2) is 60.7 Å². The molecule has 0 aliphatic heterocycles. The van der Waals surface area contributed by atoms with Gasteiger partial charge in [-0.1, -0.05) is 30.3 Å². The van der Waals surface area contributed by atoms with E-state index in [0.717, 1.165) is 5.39 Å². The predicted molar refractivity (Wildman–Crippen MR) is 108 cm³/mol. The highest BCUT2D eigenvalue weighted by atomic mass is 16.5. The molecule has 0 saturated carbocycles. The monoisotopic (exact) mass is 393 g/mol. The summed E-state index contributed by atoms with van der Waals surface area (Å²) in [7, 11) is 0. The highest BCUT2D eigenvalue weighted by Crippen LogP contribution is 2.28. The average molecular weight is 393 g/mol. The fraction of sp³-hybridized carbons (Fsp3) is 0.0952. The van der Waals surface area contributed by atoms with E-state index in [9.17, 15) is 19.5 Å². The number of hydrazine groups is 1. The van der Waals surface area contributed by atoms with Gasteiger partial charge in [-0.3, -0.25) is 10.2 Å². The fourth-order valence-corrected chi connectivity index (χ4v) is 2.69. The van der Waals surface area contributed by atoms with Crippen LogP contribution in [-0.4, -0.2) is 29.6 Å². The maximum Gasteiger partial charge on any atom is 0.338 e. The molecule has 3 amide bonds. The van der Waals surface area contributed by atoms with Crippen LogP contribution in [0.1, 0.15) is 27.6 Å². The van der Waals surface area contributed by atoms with E-state index < -0.39 is 17.9 Å². The van der Waals surface area contributed by atoms with E-state index in [1.54, 1.807) is 25.1 Å². The van der Waals surface area contributed by atoms with Crippen molar-refractivity contribution < 1.29 is 24.2 Å². The van der Waals surface area contributed by atoms with E-state index >= 15 is 0 Å². The van der Waals surface area contributed by atoms with Gasteiger partial charge in [-0.2, -0.15) is 0 Å². The molecule has 3 aromatic carbocycles. The molecule has 0 heterocycles. The van der Waals surface area contributed by atoms with Crippen molar-refractivity contribution in [3.8, 4) is 5.75 Å². The maximum atomic E-state index is 12.3. The van der Waals surface area contributed by atoms with E-state index in [1.165, 1.54) is 30.3 Å². The molecule has 0 atom stereocenters.